The molecule has 1 aromatic carbocycles. The quantitative estimate of drug-likeness (QED) is 0.593. The fourth-order valence-corrected chi connectivity index (χ4v) is 6.32. The van der Waals surface area contributed by atoms with E-state index in [1.165, 1.54) is 42.5 Å². The fourth-order valence-electron chi connectivity index (χ4n) is 6.32. The average molecular weight is 391 g/mol. The molecule has 1 N–H and O–H groups in total. The molecular formula is C24H30N4O. The number of hydrogen-bond donors (Lipinski definition) is 1. The van der Waals surface area contributed by atoms with Gasteiger partial charge in [0.1, 0.15) is 5.75 Å². The SMILES string of the molecule is Cc1c(C=NN=C2CC[C@@H]3[C@@H]4CCc5cc(O)ccc5[C@@H]4CC[C@]23C)cnn1C. The maximum atomic E-state index is 9.86. The largest absolute Gasteiger partial charge is 0.508 e. The predicted octanol–water partition coefficient (Wildman–Crippen LogP) is 4.77. The van der Waals surface area contributed by atoms with Gasteiger partial charge in [0, 0.05) is 29.4 Å². The van der Waals surface area contributed by atoms with Gasteiger partial charge in [0.05, 0.1) is 12.4 Å². The van der Waals surface area contributed by atoms with Crippen molar-refractivity contribution in [1.82, 2.24) is 9.78 Å². The topological polar surface area (TPSA) is 62.8 Å². The molecule has 0 unspecified atom stereocenters. The van der Waals surface area contributed by atoms with Crippen molar-refractivity contribution in [3.63, 3.8) is 0 Å². The van der Waals surface area contributed by atoms with Crippen molar-refractivity contribution in [3.05, 3.63) is 46.8 Å². The van der Waals surface area contributed by atoms with Gasteiger partial charge in [-0.1, -0.05) is 13.0 Å². The van der Waals surface area contributed by atoms with E-state index in [2.05, 4.69) is 30.1 Å². The Bertz CT molecular complexity index is 1000. The molecular weight excluding hydrogens is 360 g/mol. The molecule has 3 aliphatic rings. The van der Waals surface area contributed by atoms with E-state index >= 15 is 0 Å². The normalized spacial score (nSPS) is 32.4. The van der Waals surface area contributed by atoms with Gasteiger partial charge in [-0.05, 0) is 86.5 Å². The first-order valence-electron chi connectivity index (χ1n) is 10.9. The Labute approximate surface area is 172 Å². The van der Waals surface area contributed by atoms with Gasteiger partial charge in [-0.15, -0.1) is 0 Å². The number of fused-ring (bicyclic) bond motifs is 5. The van der Waals surface area contributed by atoms with Crippen LogP contribution < -0.4 is 0 Å². The zero-order valence-electron chi connectivity index (χ0n) is 17.6. The number of aromatic nitrogens is 2. The van der Waals surface area contributed by atoms with Gasteiger partial charge in [-0.25, -0.2) is 0 Å². The van der Waals surface area contributed by atoms with Crippen LogP contribution >= 0.6 is 0 Å². The molecule has 1 aromatic heterocycles. The molecule has 0 aliphatic heterocycles. The lowest BCUT2D eigenvalue weighted by atomic mass is 9.55. The first kappa shape index (κ1) is 18.6. The minimum atomic E-state index is 0.177. The minimum absolute atomic E-state index is 0.177. The van der Waals surface area contributed by atoms with E-state index in [1.807, 2.05) is 36.3 Å². The van der Waals surface area contributed by atoms with Crippen LogP contribution in [0.1, 0.15) is 67.3 Å². The lowest BCUT2D eigenvalue weighted by molar-refractivity contribution is 0.0955. The van der Waals surface area contributed by atoms with Crippen molar-refractivity contribution < 1.29 is 5.11 Å². The van der Waals surface area contributed by atoms with E-state index in [9.17, 15) is 5.11 Å². The second kappa shape index (κ2) is 6.82. The monoisotopic (exact) mass is 390 g/mol. The zero-order chi connectivity index (χ0) is 20.2. The van der Waals surface area contributed by atoms with Crippen molar-refractivity contribution in [3.8, 4) is 5.75 Å². The summed E-state index contributed by atoms with van der Waals surface area (Å²) in [5.41, 5.74) is 6.45. The predicted molar refractivity (Wildman–Crippen MR) is 116 cm³/mol. The highest BCUT2D eigenvalue weighted by molar-refractivity contribution is 5.93. The maximum absolute atomic E-state index is 9.86. The number of hydrogen-bond acceptors (Lipinski definition) is 4. The molecule has 1 heterocycles. The summed E-state index contributed by atoms with van der Waals surface area (Å²) in [5.74, 6) is 2.46. The lowest BCUT2D eigenvalue weighted by Crippen LogP contribution is -2.42. The number of rotatable bonds is 2. The second-order valence-corrected chi connectivity index (χ2v) is 9.39. The van der Waals surface area contributed by atoms with Gasteiger partial charge in [-0.2, -0.15) is 15.3 Å². The first-order valence-corrected chi connectivity index (χ1v) is 10.9. The van der Waals surface area contributed by atoms with Crippen molar-refractivity contribution in [2.75, 3.05) is 0 Å². The van der Waals surface area contributed by atoms with E-state index in [1.54, 1.807) is 0 Å². The second-order valence-electron chi connectivity index (χ2n) is 9.39. The molecule has 5 heteroatoms. The van der Waals surface area contributed by atoms with Gasteiger partial charge in [0.15, 0.2) is 0 Å². The summed E-state index contributed by atoms with van der Waals surface area (Å²) in [4.78, 5) is 0. The van der Waals surface area contributed by atoms with Gasteiger partial charge in [-0.3, -0.25) is 4.68 Å². The standard InChI is InChI=1S/C24H30N4O/c1-15-17(14-26-28(15)3)13-25-27-23-9-8-22-21-6-4-16-12-18(29)5-7-19(16)20(21)10-11-24(22,23)2/h5,7,12-14,20-22,29H,4,6,8-11H2,1-3H3/t20-,21+,22+,24-/m0/s1. The van der Waals surface area contributed by atoms with Crippen LogP contribution in [0.15, 0.2) is 34.6 Å². The third-order valence-electron chi connectivity index (χ3n) is 8.10. The first-order chi connectivity index (χ1) is 14.0. The number of phenolic OH excluding ortho intramolecular Hbond substituents is 1. The Hall–Kier alpha value is -2.43. The third kappa shape index (κ3) is 2.93. The van der Waals surface area contributed by atoms with Crippen molar-refractivity contribution in [1.29, 1.82) is 0 Å². The molecule has 2 saturated carbocycles. The summed E-state index contributed by atoms with van der Waals surface area (Å²) in [6, 6.07) is 6.02. The Morgan fingerprint density at radius 2 is 2.10 bits per heavy atom. The minimum Gasteiger partial charge on any atom is -0.508 e. The molecule has 3 aliphatic carbocycles. The van der Waals surface area contributed by atoms with E-state index < -0.39 is 0 Å². The maximum Gasteiger partial charge on any atom is 0.115 e. The zero-order valence-corrected chi connectivity index (χ0v) is 17.6. The summed E-state index contributed by atoms with van der Waals surface area (Å²) in [6.45, 7) is 4.48. The number of aromatic hydroxyl groups is 1. The number of phenols is 1. The number of nitrogens with zero attached hydrogens (tertiary/aromatic N) is 4. The Morgan fingerprint density at radius 3 is 2.90 bits per heavy atom. The summed E-state index contributed by atoms with van der Waals surface area (Å²) < 4.78 is 1.86. The van der Waals surface area contributed by atoms with E-state index in [0.717, 1.165) is 30.0 Å². The molecule has 152 valence electrons. The van der Waals surface area contributed by atoms with Crippen molar-refractivity contribution >= 4 is 11.9 Å². The molecule has 2 fully saturated rings. The summed E-state index contributed by atoms with van der Waals surface area (Å²) in [6.07, 6.45) is 10.7. The van der Waals surface area contributed by atoms with Crippen molar-refractivity contribution in [2.24, 2.45) is 34.5 Å². The van der Waals surface area contributed by atoms with Crippen LogP contribution in [0.2, 0.25) is 0 Å². The molecule has 0 spiro atoms. The smallest absolute Gasteiger partial charge is 0.115 e. The highest BCUT2D eigenvalue weighted by atomic mass is 16.3. The summed E-state index contributed by atoms with van der Waals surface area (Å²) in [7, 11) is 1.95. The molecule has 5 rings (SSSR count). The van der Waals surface area contributed by atoms with Crippen molar-refractivity contribution in [2.45, 2.75) is 58.3 Å². The molecule has 4 atom stereocenters. The lowest BCUT2D eigenvalue weighted by Gasteiger charge is -2.49. The fraction of sp³-hybridized carbons (Fsp3) is 0.542. The van der Waals surface area contributed by atoms with Gasteiger partial charge in [0.2, 0.25) is 0 Å². The average Bonchev–Trinajstić information content (AvgIpc) is 3.21. The van der Waals surface area contributed by atoms with Crippen LogP contribution in [0.5, 0.6) is 5.75 Å². The number of benzene rings is 1. The highest BCUT2D eigenvalue weighted by Gasteiger charge is 2.53. The van der Waals surface area contributed by atoms with Gasteiger partial charge < -0.3 is 5.11 Å². The number of aryl methyl sites for hydroxylation is 2. The molecule has 2 aromatic rings. The Kier molecular flexibility index (Phi) is 4.37. The summed E-state index contributed by atoms with van der Waals surface area (Å²) in [5, 5.41) is 23.3. The van der Waals surface area contributed by atoms with Crippen LogP contribution in [0.25, 0.3) is 0 Å². The molecule has 0 saturated heterocycles. The van der Waals surface area contributed by atoms with Gasteiger partial charge in [0.25, 0.3) is 0 Å². The van der Waals surface area contributed by atoms with Crippen LogP contribution in [-0.4, -0.2) is 26.8 Å². The molecule has 0 bridgehead atoms. The molecule has 29 heavy (non-hydrogen) atoms. The molecule has 0 radical (unpaired) electrons. The Balaban J connectivity index is 1.39. The van der Waals surface area contributed by atoms with E-state index in [0.29, 0.717) is 17.6 Å². The van der Waals surface area contributed by atoms with Crippen LogP contribution in [0, 0.1) is 24.2 Å². The highest BCUT2D eigenvalue weighted by Crippen LogP contribution is 2.60. The van der Waals surface area contributed by atoms with E-state index in [4.69, 9.17) is 5.10 Å². The van der Waals surface area contributed by atoms with Crippen LogP contribution in [0.4, 0.5) is 0 Å². The molecule has 0 amide bonds. The molecule has 5 nitrogen and oxygen atoms in total. The van der Waals surface area contributed by atoms with E-state index in [-0.39, 0.29) is 5.41 Å². The summed E-state index contributed by atoms with van der Waals surface area (Å²) >= 11 is 0. The third-order valence-corrected chi connectivity index (χ3v) is 8.10. The van der Waals surface area contributed by atoms with Crippen LogP contribution in [-0.2, 0) is 13.5 Å². The van der Waals surface area contributed by atoms with Gasteiger partial charge >= 0.3 is 0 Å². The Morgan fingerprint density at radius 1 is 1.24 bits per heavy atom. The van der Waals surface area contributed by atoms with Crippen LogP contribution in [0.3, 0.4) is 0 Å².